The predicted molar refractivity (Wildman–Crippen MR) is 108 cm³/mol. The van der Waals surface area contributed by atoms with Crippen molar-refractivity contribution in [2.24, 2.45) is 5.16 Å². The summed E-state index contributed by atoms with van der Waals surface area (Å²) in [6.07, 6.45) is 7.36. The lowest BCUT2D eigenvalue weighted by Gasteiger charge is -2.24. The Hall–Kier alpha value is -3.22. The minimum atomic E-state index is -0.332. The average molecular weight is 392 g/mol. The van der Waals surface area contributed by atoms with Crippen molar-refractivity contribution in [1.29, 1.82) is 0 Å². The molecule has 150 valence electrons. The van der Waals surface area contributed by atoms with Crippen LogP contribution in [-0.4, -0.2) is 40.3 Å². The van der Waals surface area contributed by atoms with E-state index >= 15 is 0 Å². The molecular weight excluding hydrogens is 368 g/mol. The van der Waals surface area contributed by atoms with Gasteiger partial charge in [-0.3, -0.25) is 4.79 Å². The number of hydrogen-bond donors (Lipinski definition) is 0. The predicted octanol–water partition coefficient (Wildman–Crippen LogP) is 3.63. The first-order valence-electron chi connectivity index (χ1n) is 9.70. The van der Waals surface area contributed by atoms with Gasteiger partial charge in [-0.25, -0.2) is 0 Å². The highest BCUT2D eigenvalue weighted by Gasteiger charge is 2.38. The number of rotatable bonds is 4. The zero-order valence-corrected chi connectivity index (χ0v) is 16.8. The van der Waals surface area contributed by atoms with Crippen molar-refractivity contribution in [3.63, 3.8) is 0 Å². The number of benzene rings is 1. The van der Waals surface area contributed by atoms with E-state index in [1.54, 1.807) is 11.8 Å². The third kappa shape index (κ3) is 3.85. The molecule has 7 heteroatoms. The zero-order chi connectivity index (χ0) is 20.4. The molecule has 0 saturated carbocycles. The zero-order valence-electron chi connectivity index (χ0n) is 16.8. The van der Waals surface area contributed by atoms with Crippen LogP contribution in [0.2, 0.25) is 0 Å². The van der Waals surface area contributed by atoms with Crippen molar-refractivity contribution in [2.45, 2.75) is 38.6 Å². The molecule has 1 aromatic heterocycles. The van der Waals surface area contributed by atoms with E-state index in [1.807, 2.05) is 18.2 Å². The van der Waals surface area contributed by atoms with E-state index in [0.717, 1.165) is 12.1 Å². The van der Waals surface area contributed by atoms with Crippen molar-refractivity contribution >= 4 is 11.6 Å². The van der Waals surface area contributed by atoms with E-state index in [2.05, 4.69) is 46.5 Å². The average Bonchev–Trinajstić information content (AvgIpc) is 3.34. The van der Waals surface area contributed by atoms with Crippen LogP contribution < -0.4 is 0 Å². The maximum Gasteiger partial charge on any atom is 0.254 e. The van der Waals surface area contributed by atoms with Gasteiger partial charge in [0.15, 0.2) is 5.82 Å². The van der Waals surface area contributed by atoms with Crippen molar-refractivity contribution in [3.05, 3.63) is 70.9 Å². The number of allylic oxidation sites excluding steroid dienone is 2. The number of carbonyl (C=O) groups is 1. The van der Waals surface area contributed by atoms with Gasteiger partial charge < -0.3 is 14.3 Å². The lowest BCUT2D eigenvalue weighted by Crippen LogP contribution is -2.32. The summed E-state index contributed by atoms with van der Waals surface area (Å²) in [7, 11) is 1.50. The van der Waals surface area contributed by atoms with Gasteiger partial charge in [0.1, 0.15) is 13.2 Å². The number of aromatic nitrogens is 2. The number of likely N-dealkylation sites (tertiary alicyclic amines) is 1. The molecule has 1 unspecified atom stereocenters. The fourth-order valence-corrected chi connectivity index (χ4v) is 3.96. The van der Waals surface area contributed by atoms with Gasteiger partial charge in [-0.05, 0) is 31.4 Å². The van der Waals surface area contributed by atoms with Crippen molar-refractivity contribution < 1.29 is 14.2 Å². The minimum Gasteiger partial charge on any atom is -0.399 e. The summed E-state index contributed by atoms with van der Waals surface area (Å²) in [5.74, 6) is 1.19. The quantitative estimate of drug-likeness (QED) is 0.742. The Morgan fingerprint density at radius 3 is 2.79 bits per heavy atom. The van der Waals surface area contributed by atoms with Gasteiger partial charge in [0.25, 0.3) is 5.91 Å². The van der Waals surface area contributed by atoms with Crippen LogP contribution in [0.4, 0.5) is 0 Å². The second-order valence-electron chi connectivity index (χ2n) is 7.39. The molecule has 1 aliphatic heterocycles. The van der Waals surface area contributed by atoms with Crippen molar-refractivity contribution in [1.82, 2.24) is 15.0 Å². The second kappa shape index (κ2) is 8.03. The van der Waals surface area contributed by atoms with Gasteiger partial charge in [-0.2, -0.15) is 4.98 Å². The Morgan fingerprint density at radius 1 is 1.31 bits per heavy atom. The van der Waals surface area contributed by atoms with Crippen molar-refractivity contribution in [2.75, 3.05) is 13.7 Å². The molecule has 4 rings (SSSR count). The Labute approximate surface area is 169 Å². The molecule has 2 aliphatic rings. The molecule has 7 nitrogen and oxygen atoms in total. The summed E-state index contributed by atoms with van der Waals surface area (Å²) >= 11 is 0. The lowest BCUT2D eigenvalue weighted by molar-refractivity contribution is -0.128. The highest BCUT2D eigenvalue weighted by Crippen LogP contribution is 2.34. The normalized spacial score (nSPS) is 22.8. The SMILES string of the molecule is CO/N=C1\C[C@@H](c2nc(C)no2)N(C(=O)C2=CCC(c3ccccc3C)C=C2)C1. The number of oxime groups is 1. The van der Waals surface area contributed by atoms with E-state index in [9.17, 15) is 4.79 Å². The first-order chi connectivity index (χ1) is 14.1. The Kier molecular flexibility index (Phi) is 5.29. The lowest BCUT2D eigenvalue weighted by atomic mass is 9.87. The van der Waals surface area contributed by atoms with Crippen molar-refractivity contribution in [3.8, 4) is 0 Å². The van der Waals surface area contributed by atoms with Crippen LogP contribution >= 0.6 is 0 Å². The molecule has 29 heavy (non-hydrogen) atoms. The Bertz CT molecular complexity index is 1000. The molecule has 2 aromatic rings. The first kappa shape index (κ1) is 19.1. The van der Waals surface area contributed by atoms with E-state index in [-0.39, 0.29) is 17.9 Å². The summed E-state index contributed by atoms with van der Waals surface area (Å²) in [5.41, 5.74) is 4.01. The summed E-state index contributed by atoms with van der Waals surface area (Å²) in [5, 5.41) is 7.91. The number of nitrogens with zero attached hydrogens (tertiary/aromatic N) is 4. The molecule has 2 heterocycles. The molecule has 1 amide bonds. The molecular formula is C22H24N4O3. The monoisotopic (exact) mass is 392 g/mol. The molecule has 2 atom stereocenters. The fourth-order valence-electron chi connectivity index (χ4n) is 3.96. The summed E-state index contributed by atoms with van der Waals surface area (Å²) in [4.78, 5) is 24.2. The molecule has 1 fully saturated rings. The molecule has 0 N–H and O–H groups in total. The van der Waals surface area contributed by atoms with Gasteiger partial charge in [0.2, 0.25) is 5.89 Å². The largest absolute Gasteiger partial charge is 0.399 e. The van der Waals surface area contributed by atoms with Crippen LogP contribution in [0.5, 0.6) is 0 Å². The van der Waals surface area contributed by atoms with Gasteiger partial charge in [0, 0.05) is 17.9 Å². The summed E-state index contributed by atoms with van der Waals surface area (Å²) in [6, 6.07) is 8.03. The molecule has 1 aromatic carbocycles. The Balaban J connectivity index is 1.54. The van der Waals surface area contributed by atoms with Gasteiger partial charge >= 0.3 is 0 Å². The van der Waals surface area contributed by atoms with Crippen LogP contribution in [0, 0.1) is 13.8 Å². The third-order valence-electron chi connectivity index (χ3n) is 5.40. The molecule has 1 aliphatic carbocycles. The number of aryl methyl sites for hydroxylation is 2. The molecule has 0 spiro atoms. The minimum absolute atomic E-state index is 0.0633. The Morgan fingerprint density at radius 2 is 2.14 bits per heavy atom. The number of amides is 1. The maximum atomic E-state index is 13.3. The maximum absolute atomic E-state index is 13.3. The van der Waals surface area contributed by atoms with E-state index in [4.69, 9.17) is 9.36 Å². The number of carbonyl (C=O) groups excluding carboxylic acids is 1. The standard InChI is InChI=1S/C22H24N4O3/c1-14-6-4-5-7-19(14)16-8-10-17(11-9-16)22(27)26-13-18(25-28-3)12-20(26)21-23-15(2)24-29-21/h4-8,10-11,16,20H,9,12-13H2,1-3H3/b25-18+/t16?,20-/m0/s1. The van der Waals surface area contributed by atoms with E-state index < -0.39 is 0 Å². The summed E-state index contributed by atoms with van der Waals surface area (Å²) < 4.78 is 5.34. The second-order valence-corrected chi connectivity index (χ2v) is 7.39. The smallest absolute Gasteiger partial charge is 0.254 e. The third-order valence-corrected chi connectivity index (χ3v) is 5.40. The molecule has 1 saturated heterocycles. The van der Waals surface area contributed by atoms with E-state index in [0.29, 0.717) is 30.3 Å². The van der Waals surface area contributed by atoms with Crippen LogP contribution in [0.3, 0.4) is 0 Å². The summed E-state index contributed by atoms with van der Waals surface area (Å²) in [6.45, 7) is 4.26. The van der Waals surface area contributed by atoms with Gasteiger partial charge in [-0.1, -0.05) is 52.8 Å². The topological polar surface area (TPSA) is 80.8 Å². The van der Waals surface area contributed by atoms with Gasteiger partial charge in [0.05, 0.1) is 12.3 Å². The molecule has 0 radical (unpaired) electrons. The highest BCUT2D eigenvalue weighted by atomic mass is 16.6. The van der Waals surface area contributed by atoms with E-state index in [1.165, 1.54) is 18.2 Å². The van der Waals surface area contributed by atoms with Crippen LogP contribution in [0.15, 0.2) is 57.7 Å². The van der Waals surface area contributed by atoms with Crippen LogP contribution in [0.1, 0.15) is 47.6 Å². The van der Waals surface area contributed by atoms with Crippen LogP contribution in [0.25, 0.3) is 0 Å². The van der Waals surface area contributed by atoms with Gasteiger partial charge in [-0.15, -0.1) is 0 Å². The van der Waals surface area contributed by atoms with Crippen LogP contribution in [-0.2, 0) is 9.63 Å². The first-order valence-corrected chi connectivity index (χ1v) is 9.70. The number of hydrogen-bond acceptors (Lipinski definition) is 6. The molecule has 0 bridgehead atoms. The fraction of sp³-hybridized carbons (Fsp3) is 0.364. The highest BCUT2D eigenvalue weighted by molar-refractivity contribution is 6.01.